The molecule has 1 heterocycles. The van der Waals surface area contributed by atoms with Gasteiger partial charge in [0.25, 0.3) is 0 Å². The Morgan fingerprint density at radius 2 is 2.21 bits per heavy atom. The standard InChI is InChI=1S/C9H13N5O5/c10-6(15)3-5(8(16)17)13-9(18)11-2-1-7-12-4-19-14-7/h4-5H,1-3H2,(H2,10,15)(H,16,17)(H2,11,13,18)/t5-/m0/s1. The zero-order valence-electron chi connectivity index (χ0n) is 9.83. The fraction of sp³-hybridized carbons (Fsp3) is 0.444. The van der Waals surface area contributed by atoms with Crippen LogP contribution in [0.4, 0.5) is 4.79 Å². The third-order valence-electron chi connectivity index (χ3n) is 2.05. The Bertz CT molecular complexity index is 446. The van der Waals surface area contributed by atoms with E-state index in [1.165, 1.54) is 0 Å². The number of carboxylic acid groups (broad SMARTS) is 1. The van der Waals surface area contributed by atoms with Crippen molar-refractivity contribution in [2.24, 2.45) is 5.73 Å². The predicted octanol–water partition coefficient (Wildman–Crippen LogP) is -1.76. The van der Waals surface area contributed by atoms with Crippen molar-refractivity contribution in [3.63, 3.8) is 0 Å². The van der Waals surface area contributed by atoms with Crippen LogP contribution >= 0.6 is 0 Å². The van der Waals surface area contributed by atoms with Crippen LogP contribution in [0.5, 0.6) is 0 Å². The number of hydrogen-bond donors (Lipinski definition) is 4. The number of nitrogens with two attached hydrogens (primary N) is 1. The van der Waals surface area contributed by atoms with Gasteiger partial charge < -0.3 is 26.0 Å². The van der Waals surface area contributed by atoms with E-state index in [2.05, 4.69) is 25.3 Å². The van der Waals surface area contributed by atoms with Gasteiger partial charge in [0, 0.05) is 13.0 Å². The molecule has 0 aromatic carbocycles. The van der Waals surface area contributed by atoms with Crippen LogP contribution in [-0.2, 0) is 16.0 Å². The Balaban J connectivity index is 2.32. The van der Waals surface area contributed by atoms with Crippen molar-refractivity contribution in [1.82, 2.24) is 20.8 Å². The summed E-state index contributed by atoms with van der Waals surface area (Å²) in [6.07, 6.45) is 1.01. The normalized spacial score (nSPS) is 11.6. The fourth-order valence-corrected chi connectivity index (χ4v) is 1.20. The summed E-state index contributed by atoms with van der Waals surface area (Å²) in [7, 11) is 0. The van der Waals surface area contributed by atoms with E-state index in [4.69, 9.17) is 10.8 Å². The topological polar surface area (TPSA) is 160 Å². The van der Waals surface area contributed by atoms with Gasteiger partial charge in [0.15, 0.2) is 5.82 Å². The molecule has 0 fully saturated rings. The second-order valence-corrected chi connectivity index (χ2v) is 3.56. The summed E-state index contributed by atoms with van der Waals surface area (Å²) in [5, 5.41) is 16.8. The van der Waals surface area contributed by atoms with E-state index < -0.39 is 30.4 Å². The van der Waals surface area contributed by atoms with E-state index in [1.54, 1.807) is 0 Å². The average molecular weight is 271 g/mol. The highest BCUT2D eigenvalue weighted by Crippen LogP contribution is 1.92. The molecule has 0 aliphatic rings. The summed E-state index contributed by atoms with van der Waals surface area (Å²) in [6.45, 7) is 0.189. The molecule has 0 unspecified atom stereocenters. The number of nitrogens with one attached hydrogen (secondary N) is 2. The third kappa shape index (κ3) is 5.48. The molecular formula is C9H13N5O5. The van der Waals surface area contributed by atoms with Gasteiger partial charge in [-0.25, -0.2) is 9.59 Å². The van der Waals surface area contributed by atoms with Gasteiger partial charge in [-0.2, -0.15) is 4.98 Å². The first-order chi connectivity index (χ1) is 8.99. The van der Waals surface area contributed by atoms with Gasteiger partial charge in [-0.3, -0.25) is 4.79 Å². The number of urea groups is 1. The minimum Gasteiger partial charge on any atom is -0.480 e. The lowest BCUT2D eigenvalue weighted by Crippen LogP contribution is -2.48. The molecule has 1 aromatic rings. The van der Waals surface area contributed by atoms with Crippen LogP contribution in [0.2, 0.25) is 0 Å². The largest absolute Gasteiger partial charge is 0.480 e. The van der Waals surface area contributed by atoms with Crippen molar-refractivity contribution in [2.45, 2.75) is 18.9 Å². The van der Waals surface area contributed by atoms with E-state index in [-0.39, 0.29) is 6.54 Å². The SMILES string of the molecule is NC(=O)C[C@H](NC(=O)NCCc1ncon1)C(=O)O. The predicted molar refractivity (Wildman–Crippen MR) is 59.8 cm³/mol. The van der Waals surface area contributed by atoms with Crippen molar-refractivity contribution >= 4 is 17.9 Å². The minimum atomic E-state index is -1.36. The molecule has 10 nitrogen and oxygen atoms in total. The lowest BCUT2D eigenvalue weighted by Gasteiger charge is -2.13. The molecule has 0 spiro atoms. The molecule has 0 aliphatic carbocycles. The van der Waals surface area contributed by atoms with Gasteiger partial charge in [0.05, 0.1) is 6.42 Å². The summed E-state index contributed by atoms with van der Waals surface area (Å²) < 4.78 is 4.49. The number of carbonyl (C=O) groups is 3. The fourth-order valence-electron chi connectivity index (χ4n) is 1.20. The van der Waals surface area contributed by atoms with Gasteiger partial charge in [0.2, 0.25) is 12.3 Å². The first-order valence-corrected chi connectivity index (χ1v) is 5.29. The number of rotatable bonds is 7. The number of aliphatic carboxylic acids is 1. The number of primary amides is 1. The molecule has 5 N–H and O–H groups in total. The molecular weight excluding hydrogens is 258 g/mol. The van der Waals surface area contributed by atoms with Crippen LogP contribution in [0.25, 0.3) is 0 Å². The van der Waals surface area contributed by atoms with Crippen LogP contribution in [-0.4, -0.2) is 45.7 Å². The molecule has 1 aromatic heterocycles. The Kier molecular flexibility index (Phi) is 5.26. The van der Waals surface area contributed by atoms with Crippen LogP contribution < -0.4 is 16.4 Å². The molecule has 0 bridgehead atoms. The van der Waals surface area contributed by atoms with Gasteiger partial charge >= 0.3 is 12.0 Å². The van der Waals surface area contributed by atoms with Gasteiger partial charge in [-0.15, -0.1) is 0 Å². The summed E-state index contributed by atoms with van der Waals surface area (Å²) in [4.78, 5) is 36.5. The van der Waals surface area contributed by atoms with E-state index in [0.29, 0.717) is 12.2 Å². The quantitative estimate of drug-likeness (QED) is 0.456. The summed E-state index contributed by atoms with van der Waals surface area (Å²) >= 11 is 0. The van der Waals surface area contributed by atoms with Crippen LogP contribution in [0.1, 0.15) is 12.2 Å². The van der Waals surface area contributed by atoms with Crippen molar-refractivity contribution in [2.75, 3.05) is 6.54 Å². The van der Waals surface area contributed by atoms with E-state index in [0.717, 1.165) is 6.39 Å². The first kappa shape index (κ1) is 14.4. The highest BCUT2D eigenvalue weighted by atomic mass is 16.5. The number of aromatic nitrogens is 2. The van der Waals surface area contributed by atoms with Gasteiger partial charge in [0.1, 0.15) is 6.04 Å². The molecule has 0 aliphatic heterocycles. The maximum Gasteiger partial charge on any atom is 0.326 e. The van der Waals surface area contributed by atoms with Crippen LogP contribution in [0.3, 0.4) is 0 Å². The third-order valence-corrected chi connectivity index (χ3v) is 2.05. The van der Waals surface area contributed by atoms with E-state index in [9.17, 15) is 14.4 Å². The van der Waals surface area contributed by atoms with Crippen molar-refractivity contribution in [3.8, 4) is 0 Å². The van der Waals surface area contributed by atoms with Crippen molar-refractivity contribution < 1.29 is 24.0 Å². The molecule has 0 saturated heterocycles. The van der Waals surface area contributed by atoms with Gasteiger partial charge in [-0.05, 0) is 0 Å². The lowest BCUT2D eigenvalue weighted by molar-refractivity contribution is -0.140. The second-order valence-electron chi connectivity index (χ2n) is 3.56. The van der Waals surface area contributed by atoms with Crippen LogP contribution in [0.15, 0.2) is 10.9 Å². The number of nitrogens with zero attached hydrogens (tertiary/aromatic N) is 2. The molecule has 19 heavy (non-hydrogen) atoms. The van der Waals surface area contributed by atoms with E-state index >= 15 is 0 Å². The van der Waals surface area contributed by atoms with Crippen LogP contribution in [0, 0.1) is 0 Å². The number of carboxylic acids is 1. The van der Waals surface area contributed by atoms with Crippen molar-refractivity contribution in [1.29, 1.82) is 0 Å². The zero-order chi connectivity index (χ0) is 14.3. The summed E-state index contributed by atoms with van der Waals surface area (Å²) in [5.74, 6) is -1.75. The Labute approximate surface area is 107 Å². The molecule has 1 atom stereocenters. The van der Waals surface area contributed by atoms with E-state index in [1.807, 2.05) is 0 Å². The monoisotopic (exact) mass is 271 g/mol. The molecule has 0 radical (unpaired) electrons. The molecule has 3 amide bonds. The zero-order valence-corrected chi connectivity index (χ0v) is 9.83. The summed E-state index contributed by atoms with van der Waals surface area (Å²) in [5.41, 5.74) is 4.87. The highest BCUT2D eigenvalue weighted by Gasteiger charge is 2.21. The Hall–Kier alpha value is -2.65. The highest BCUT2D eigenvalue weighted by molar-refractivity contribution is 5.87. The number of hydrogen-bond acceptors (Lipinski definition) is 6. The molecule has 1 rings (SSSR count). The Morgan fingerprint density at radius 1 is 1.47 bits per heavy atom. The molecule has 10 heteroatoms. The number of amides is 3. The average Bonchev–Trinajstić information content (AvgIpc) is 2.80. The smallest absolute Gasteiger partial charge is 0.326 e. The minimum absolute atomic E-state index is 0.189. The lowest BCUT2D eigenvalue weighted by atomic mass is 10.2. The number of carbonyl (C=O) groups excluding carboxylic acids is 2. The van der Waals surface area contributed by atoms with Crippen molar-refractivity contribution in [3.05, 3.63) is 12.2 Å². The molecule has 0 saturated carbocycles. The summed E-state index contributed by atoms with van der Waals surface area (Å²) in [6, 6.07) is -2.08. The van der Waals surface area contributed by atoms with Gasteiger partial charge in [-0.1, -0.05) is 5.16 Å². The maximum atomic E-state index is 11.4. The Morgan fingerprint density at radius 3 is 2.74 bits per heavy atom. The maximum absolute atomic E-state index is 11.4. The first-order valence-electron chi connectivity index (χ1n) is 5.29. The second kappa shape index (κ2) is 6.93. The molecule has 104 valence electrons.